The third-order valence-electron chi connectivity index (χ3n) is 4.49. The molecule has 1 aliphatic rings. The van der Waals surface area contributed by atoms with Crippen molar-refractivity contribution in [1.82, 2.24) is 4.90 Å². The first-order valence-electron chi connectivity index (χ1n) is 8.27. The van der Waals surface area contributed by atoms with Gasteiger partial charge in [0.15, 0.2) is 0 Å². The Kier molecular flexibility index (Phi) is 6.15. The molecular weight excluding hydrogens is 348 g/mol. The minimum Gasteiger partial charge on any atom is -0.341 e. The summed E-state index contributed by atoms with van der Waals surface area (Å²) in [5.74, 6) is 0.487. The predicted octanol–water partition coefficient (Wildman–Crippen LogP) is 3.14. The number of rotatable bonds is 5. The lowest BCUT2D eigenvalue weighted by molar-refractivity contribution is -0.133. The van der Waals surface area contributed by atoms with Gasteiger partial charge in [-0.25, -0.2) is 8.42 Å². The SMILES string of the molecule is CCC(C(=O)N1CCC(C)CC1)N(c1ccc(Cl)cc1)S(C)(=O)=O. The van der Waals surface area contributed by atoms with E-state index >= 15 is 0 Å². The van der Waals surface area contributed by atoms with Crippen molar-refractivity contribution in [1.29, 1.82) is 0 Å². The molecule has 1 unspecified atom stereocenters. The van der Waals surface area contributed by atoms with Crippen LogP contribution in [0.25, 0.3) is 0 Å². The quantitative estimate of drug-likeness (QED) is 0.797. The summed E-state index contributed by atoms with van der Waals surface area (Å²) in [4.78, 5) is 14.8. The minimum atomic E-state index is -3.59. The van der Waals surface area contributed by atoms with Gasteiger partial charge in [0.25, 0.3) is 0 Å². The summed E-state index contributed by atoms with van der Waals surface area (Å²) in [6, 6.07) is 5.81. The number of nitrogens with zero attached hydrogens (tertiary/aromatic N) is 2. The number of sulfonamides is 1. The van der Waals surface area contributed by atoms with E-state index in [4.69, 9.17) is 11.6 Å². The molecule has 5 nitrogen and oxygen atoms in total. The molecule has 24 heavy (non-hydrogen) atoms. The van der Waals surface area contributed by atoms with Crippen molar-refractivity contribution >= 4 is 33.2 Å². The number of amides is 1. The van der Waals surface area contributed by atoms with Crippen molar-refractivity contribution in [3.8, 4) is 0 Å². The fourth-order valence-electron chi connectivity index (χ4n) is 3.07. The monoisotopic (exact) mass is 372 g/mol. The van der Waals surface area contributed by atoms with E-state index in [0.717, 1.165) is 19.1 Å². The van der Waals surface area contributed by atoms with E-state index in [0.29, 0.717) is 36.1 Å². The fraction of sp³-hybridized carbons (Fsp3) is 0.588. The summed E-state index contributed by atoms with van der Waals surface area (Å²) in [5, 5.41) is 0.525. The Bertz CT molecular complexity index is 668. The van der Waals surface area contributed by atoms with Gasteiger partial charge in [0.2, 0.25) is 15.9 Å². The van der Waals surface area contributed by atoms with Crippen molar-refractivity contribution in [3.05, 3.63) is 29.3 Å². The number of carbonyl (C=O) groups is 1. The van der Waals surface area contributed by atoms with Crippen LogP contribution in [0.5, 0.6) is 0 Å². The number of carbonyl (C=O) groups excluding carboxylic acids is 1. The highest BCUT2D eigenvalue weighted by atomic mass is 35.5. The molecule has 1 amide bonds. The first-order valence-corrected chi connectivity index (χ1v) is 10.5. The second-order valence-electron chi connectivity index (χ2n) is 6.47. The van der Waals surface area contributed by atoms with E-state index in [1.807, 2.05) is 6.92 Å². The lowest BCUT2D eigenvalue weighted by atomic mass is 9.98. The van der Waals surface area contributed by atoms with Crippen LogP contribution in [0.15, 0.2) is 24.3 Å². The van der Waals surface area contributed by atoms with Crippen LogP contribution in [0.1, 0.15) is 33.1 Å². The van der Waals surface area contributed by atoms with E-state index in [1.54, 1.807) is 29.2 Å². The van der Waals surface area contributed by atoms with Crippen molar-refractivity contribution < 1.29 is 13.2 Å². The zero-order valence-corrected chi connectivity index (χ0v) is 16.0. The van der Waals surface area contributed by atoms with Crippen LogP contribution in [0.2, 0.25) is 5.02 Å². The highest BCUT2D eigenvalue weighted by molar-refractivity contribution is 7.92. The van der Waals surface area contributed by atoms with E-state index < -0.39 is 16.1 Å². The molecule has 0 N–H and O–H groups in total. The third-order valence-corrected chi connectivity index (χ3v) is 5.92. The molecule has 2 rings (SSSR count). The van der Waals surface area contributed by atoms with E-state index in [9.17, 15) is 13.2 Å². The smallest absolute Gasteiger partial charge is 0.246 e. The lowest BCUT2D eigenvalue weighted by Crippen LogP contribution is -2.52. The summed E-state index contributed by atoms with van der Waals surface area (Å²) in [5.41, 5.74) is 0.465. The summed E-state index contributed by atoms with van der Waals surface area (Å²) >= 11 is 5.90. The number of piperidine rings is 1. The maximum absolute atomic E-state index is 13.0. The normalized spacial score (nSPS) is 17.6. The molecule has 1 heterocycles. The molecule has 0 aromatic heterocycles. The van der Waals surface area contributed by atoms with Crippen LogP contribution < -0.4 is 4.31 Å². The number of likely N-dealkylation sites (tertiary alicyclic amines) is 1. The standard InChI is InChI=1S/C17H25ClN2O3S/c1-4-16(17(21)19-11-9-13(2)10-12-19)20(24(3,22)23)15-7-5-14(18)6-8-15/h5-8,13,16H,4,9-12H2,1-3H3. The van der Waals surface area contributed by atoms with Crippen molar-refractivity contribution in [2.45, 2.75) is 39.2 Å². The van der Waals surface area contributed by atoms with Gasteiger partial charge in [-0.15, -0.1) is 0 Å². The highest BCUT2D eigenvalue weighted by Gasteiger charge is 2.35. The largest absolute Gasteiger partial charge is 0.341 e. The summed E-state index contributed by atoms with van der Waals surface area (Å²) in [6.07, 6.45) is 3.47. The number of benzene rings is 1. The van der Waals surface area contributed by atoms with Crippen LogP contribution >= 0.6 is 11.6 Å². The van der Waals surface area contributed by atoms with Gasteiger partial charge in [0.05, 0.1) is 11.9 Å². The van der Waals surface area contributed by atoms with Crippen molar-refractivity contribution in [3.63, 3.8) is 0 Å². The second kappa shape index (κ2) is 7.74. The molecule has 7 heteroatoms. The van der Waals surface area contributed by atoms with Gasteiger partial charge in [-0.05, 0) is 49.4 Å². The van der Waals surface area contributed by atoms with Gasteiger partial charge in [-0.2, -0.15) is 0 Å². The van der Waals surface area contributed by atoms with Gasteiger partial charge < -0.3 is 4.90 Å². The molecule has 1 aromatic carbocycles. The molecule has 0 bridgehead atoms. The maximum Gasteiger partial charge on any atom is 0.246 e. The van der Waals surface area contributed by atoms with Crippen LogP contribution in [-0.4, -0.2) is 44.6 Å². The van der Waals surface area contributed by atoms with E-state index in [-0.39, 0.29) is 5.91 Å². The number of halogens is 1. The Hall–Kier alpha value is -1.27. The predicted molar refractivity (Wildman–Crippen MR) is 97.8 cm³/mol. The minimum absolute atomic E-state index is 0.121. The highest BCUT2D eigenvalue weighted by Crippen LogP contribution is 2.26. The van der Waals surface area contributed by atoms with Gasteiger partial charge >= 0.3 is 0 Å². The number of hydrogen-bond donors (Lipinski definition) is 0. The first-order chi connectivity index (χ1) is 11.2. The van der Waals surface area contributed by atoms with Crippen LogP contribution in [0.4, 0.5) is 5.69 Å². The third kappa shape index (κ3) is 4.42. The molecule has 1 fully saturated rings. The molecule has 1 aliphatic heterocycles. The Balaban J connectivity index is 2.32. The lowest BCUT2D eigenvalue weighted by Gasteiger charge is -2.37. The molecular formula is C17H25ClN2O3S. The first kappa shape index (κ1) is 19.1. The van der Waals surface area contributed by atoms with E-state index in [1.165, 1.54) is 4.31 Å². The average molecular weight is 373 g/mol. The van der Waals surface area contributed by atoms with Gasteiger partial charge in [0, 0.05) is 18.1 Å². The van der Waals surface area contributed by atoms with Crippen molar-refractivity contribution in [2.24, 2.45) is 5.92 Å². The van der Waals surface area contributed by atoms with Gasteiger partial charge in [-0.3, -0.25) is 9.10 Å². The van der Waals surface area contributed by atoms with Gasteiger partial charge in [0.1, 0.15) is 6.04 Å². The second-order valence-corrected chi connectivity index (χ2v) is 8.76. The molecule has 0 aliphatic carbocycles. The average Bonchev–Trinajstić information content (AvgIpc) is 2.52. The summed E-state index contributed by atoms with van der Waals surface area (Å²) in [6.45, 7) is 5.39. The van der Waals surface area contributed by atoms with Gasteiger partial charge in [-0.1, -0.05) is 25.4 Å². The molecule has 1 aromatic rings. The van der Waals surface area contributed by atoms with Crippen LogP contribution in [-0.2, 0) is 14.8 Å². The molecule has 0 spiro atoms. The molecule has 134 valence electrons. The van der Waals surface area contributed by atoms with Crippen LogP contribution in [0, 0.1) is 5.92 Å². The Labute approximate surface area is 149 Å². The molecule has 0 radical (unpaired) electrons. The molecule has 1 saturated heterocycles. The van der Waals surface area contributed by atoms with E-state index in [2.05, 4.69) is 6.92 Å². The molecule has 1 atom stereocenters. The Morgan fingerprint density at radius 2 is 1.83 bits per heavy atom. The summed E-state index contributed by atoms with van der Waals surface area (Å²) < 4.78 is 26.0. The number of hydrogen-bond acceptors (Lipinski definition) is 3. The van der Waals surface area contributed by atoms with Crippen LogP contribution in [0.3, 0.4) is 0 Å². The zero-order valence-electron chi connectivity index (χ0n) is 14.4. The Morgan fingerprint density at radius 3 is 2.29 bits per heavy atom. The van der Waals surface area contributed by atoms with Crippen molar-refractivity contribution in [2.75, 3.05) is 23.7 Å². The topological polar surface area (TPSA) is 57.7 Å². The Morgan fingerprint density at radius 1 is 1.29 bits per heavy atom. The fourth-order valence-corrected chi connectivity index (χ4v) is 4.40. The summed E-state index contributed by atoms with van der Waals surface area (Å²) in [7, 11) is -3.59. The number of anilines is 1. The maximum atomic E-state index is 13.0. The molecule has 0 saturated carbocycles. The zero-order chi connectivity index (χ0) is 17.9.